The van der Waals surface area contributed by atoms with Gasteiger partial charge in [-0.25, -0.2) is 58.6 Å². The monoisotopic (exact) mass is 1910 g/mol. The standard InChI is InChI=1S/C34H36ClFN6O3S.C31H29F5N6O2S.C27H24F4N6O2S2/c1-33(45-3)18-28(19-33)42(46(4,44)31-12-14-40(2)39-31)27-8-5-23-15-30-22(21-38-41(30)26-9-6-25(36)7-10-26)17-34(23,20-27)32(43)29-16-24(35)11-13-37-29;1-40-13-10-28(39-40)45(2,44)41(14-11-32)25-6-3-21-16-27-20(19-38-42(27)24-7-4-23(33)5-8-24)17-30(21,18-25)29(43)26-15-22(9-12-37-26)31(34,35)36;1-36-15-33-25(35-36)41(2,39)14-16-3-4-18-9-21-17(12-34-37(21)20-7-5-19(28)6-8-20)11-26(18,10-16)23(38)24-32-13-22(40-24)27(29,30)31/h6-7,9-16,21,27-28H,4-5,8,17-20H2,1-3H3;4-5,7-10,12-13,15-16,19,25H,2-3,6,11,14,17-18H2,1H3;5-9,12-13,15-16H,2-4,10-11,14H2,1H3/t27-,28?,33?,34-,46?;25-,30-,45?;16?,26-,41?/m001/s1. The summed E-state index contributed by atoms with van der Waals surface area (Å²) in [6, 6.07) is 24.9. The lowest BCUT2D eigenvalue weighted by Gasteiger charge is -2.54. The summed E-state index contributed by atoms with van der Waals surface area (Å²) in [5, 5.41) is 27.5. The fraction of sp³-hybridized carbons (Fsp3) is 0.348. The summed E-state index contributed by atoms with van der Waals surface area (Å²) in [5.74, 6) is 9.64. The number of carbonyl (C=O) groups excluding carboxylic acids is 3. The van der Waals surface area contributed by atoms with E-state index in [1.54, 1.807) is 151 Å². The Morgan fingerprint density at radius 1 is 0.545 bits per heavy atom. The molecule has 0 bridgehead atoms. The van der Waals surface area contributed by atoms with E-state index in [1.807, 2.05) is 10.4 Å². The molecule has 40 heteroatoms. The number of benzene rings is 3. The van der Waals surface area contributed by atoms with Crippen molar-refractivity contribution >= 4 is 105 Å². The Morgan fingerprint density at radius 2 is 1.01 bits per heavy atom. The van der Waals surface area contributed by atoms with E-state index < -0.39 is 98.1 Å². The SMILES string of the molecule is C=S(=O)(CC1CCC2=Cc3c(cnn3-c3ccc(F)cc3)C[C@]2(C(=O)c2ncc(C(F)(F)F)s2)C1)c1ncn(C)n1.C=S(=O)(c1ccn(C)n1)N(C1CC(C)(OC)C1)[C@H]1CCC2=Cc3c(cnn3-c3ccc(F)cc3)C[C@]2(C(=O)c2cc(Cl)ccn2)C1.C=S(=O)(c1ccn(C)n1)N(CCF)[C@H]1CCC2=Cc3c(cnn3-c3ccc(F)cc3)C[C@]2(C(=O)c2cc(C(F)(F)F)ccn2)C1. The zero-order valence-corrected chi connectivity index (χ0v) is 76.0. The molecule has 19 rings (SSSR count). The Bertz CT molecular complexity index is 6950. The summed E-state index contributed by atoms with van der Waals surface area (Å²) in [6.45, 7) is 0.970. The van der Waals surface area contributed by atoms with Crippen LogP contribution >= 0.6 is 22.9 Å². The molecular formula is C92H89ClF10N18O7S4. The molecule has 7 aliphatic carbocycles. The number of allylic oxidation sites excluding steroid dienone is 3. The molecule has 9 aromatic heterocycles. The maximum Gasteiger partial charge on any atom is 0.427 e. The van der Waals surface area contributed by atoms with Crippen LogP contribution in [0.25, 0.3) is 35.3 Å². The number of carbonyl (C=O) groups is 3. The minimum absolute atomic E-state index is 0.0239. The van der Waals surface area contributed by atoms with Crippen LogP contribution in [-0.2, 0) is 86.4 Å². The molecule has 0 saturated heterocycles. The lowest BCUT2D eigenvalue weighted by atomic mass is 9.60. The van der Waals surface area contributed by atoms with Gasteiger partial charge in [-0.15, -0.1) is 16.4 Å². The van der Waals surface area contributed by atoms with E-state index in [1.165, 1.54) is 56.4 Å². The molecule has 4 unspecified atom stereocenters. The molecule has 4 saturated carbocycles. The Morgan fingerprint density at radius 3 is 1.45 bits per heavy atom. The number of rotatable bonds is 22. The molecule has 25 nitrogen and oxygen atoms in total. The van der Waals surface area contributed by atoms with Gasteiger partial charge in [0.1, 0.15) is 46.7 Å². The molecule has 132 heavy (non-hydrogen) atoms. The summed E-state index contributed by atoms with van der Waals surface area (Å²) in [4.78, 5) is 58.9. The van der Waals surface area contributed by atoms with E-state index in [0.29, 0.717) is 120 Å². The largest absolute Gasteiger partial charge is 0.427 e. The molecule has 0 radical (unpaired) electrons. The van der Waals surface area contributed by atoms with Gasteiger partial charge in [-0.1, -0.05) is 28.3 Å². The molecule has 0 aliphatic heterocycles. The molecule has 4 fully saturated rings. The lowest BCUT2D eigenvalue weighted by Crippen LogP contribution is -2.61. The number of alkyl halides is 7. The van der Waals surface area contributed by atoms with Gasteiger partial charge in [0.25, 0.3) is 0 Å². The van der Waals surface area contributed by atoms with Crippen molar-refractivity contribution in [3.8, 4) is 17.1 Å². The maximum atomic E-state index is 14.8. The van der Waals surface area contributed by atoms with Gasteiger partial charge in [-0.3, -0.25) is 42.6 Å². The quantitative estimate of drug-likeness (QED) is 0.0346. The van der Waals surface area contributed by atoms with Gasteiger partial charge in [-0.05, 0) is 264 Å². The number of thiazole rings is 1. The minimum Gasteiger partial charge on any atom is -0.378 e. The number of hydrogen-bond donors (Lipinski definition) is 0. The fourth-order valence-electron chi connectivity index (χ4n) is 19.8. The third-order valence-corrected chi connectivity index (χ3v) is 33.6. The number of aryl methyl sites for hydroxylation is 3. The van der Waals surface area contributed by atoms with Crippen LogP contribution in [-0.4, -0.2) is 185 Å². The first-order valence-corrected chi connectivity index (χ1v) is 48.6. The smallest absolute Gasteiger partial charge is 0.378 e. The van der Waals surface area contributed by atoms with Crippen molar-refractivity contribution in [1.82, 2.24) is 87.2 Å². The van der Waals surface area contributed by atoms with Crippen LogP contribution in [0.5, 0.6) is 0 Å². The number of Topliss-reactive ketones (excluding diaryl/α,β-unsaturated/α-hetero) is 3. The minimum atomic E-state index is -4.69. The van der Waals surface area contributed by atoms with Crippen molar-refractivity contribution in [2.45, 2.75) is 148 Å². The summed E-state index contributed by atoms with van der Waals surface area (Å²) in [7, 11) is -2.40. The van der Waals surface area contributed by atoms with Gasteiger partial charge in [0.05, 0.1) is 106 Å². The number of ether oxygens (including phenoxy) is 1. The van der Waals surface area contributed by atoms with Crippen molar-refractivity contribution in [3.05, 3.63) is 265 Å². The molecule has 3 aromatic carbocycles. The Kier molecular flexibility index (Phi) is 24.6. The second kappa shape index (κ2) is 35.2. The molecule has 0 N–H and O–H groups in total. The van der Waals surface area contributed by atoms with Crippen LogP contribution in [0.2, 0.25) is 5.02 Å². The van der Waals surface area contributed by atoms with Crippen molar-refractivity contribution < 1.29 is 75.7 Å². The van der Waals surface area contributed by atoms with Crippen LogP contribution in [0, 0.1) is 39.6 Å². The second-order valence-electron chi connectivity index (χ2n) is 34.8. The highest BCUT2D eigenvalue weighted by atomic mass is 35.5. The average Bonchev–Trinajstić information content (AvgIpc) is 1.30. The number of halogens is 11. The number of aromatic nitrogens is 16. The third kappa shape index (κ3) is 17.5. The molecule has 12 aromatic rings. The Labute approximate surface area is 762 Å². The molecule has 0 spiro atoms. The predicted molar refractivity (Wildman–Crippen MR) is 480 cm³/mol. The maximum absolute atomic E-state index is 14.8. The van der Waals surface area contributed by atoms with Crippen molar-refractivity contribution in [1.29, 1.82) is 0 Å². The van der Waals surface area contributed by atoms with E-state index in [0.717, 1.165) is 57.7 Å². The van der Waals surface area contributed by atoms with Crippen molar-refractivity contribution in [2.75, 3.05) is 26.1 Å². The van der Waals surface area contributed by atoms with Crippen LogP contribution in [0.4, 0.5) is 43.9 Å². The van der Waals surface area contributed by atoms with Crippen LogP contribution in [0.1, 0.15) is 153 Å². The van der Waals surface area contributed by atoms with Gasteiger partial charge < -0.3 is 4.74 Å². The average molecular weight is 1910 g/mol. The second-order valence-corrected chi connectivity index (χ2v) is 42.9. The normalized spacial score (nSPS) is 23.4. The molecular weight excluding hydrogens is 1820 g/mol. The van der Waals surface area contributed by atoms with Gasteiger partial charge in [0, 0.05) is 98.0 Å². The van der Waals surface area contributed by atoms with Gasteiger partial charge >= 0.3 is 12.4 Å². The first-order valence-electron chi connectivity index (χ1n) is 42.2. The highest BCUT2D eigenvalue weighted by Gasteiger charge is 2.57. The van der Waals surface area contributed by atoms with Crippen LogP contribution in [0.3, 0.4) is 0 Å². The lowest BCUT2D eigenvalue weighted by molar-refractivity contribution is -0.137. The zero-order chi connectivity index (χ0) is 93.7. The Balaban J connectivity index is 0.000000139. The van der Waals surface area contributed by atoms with E-state index >= 15 is 0 Å². The first kappa shape index (κ1) is 92.4. The highest BCUT2D eigenvalue weighted by molar-refractivity contribution is 8.00. The number of hydrogen-bond acceptors (Lipinski definition) is 18. The number of methoxy groups -OCH3 is 1. The first-order chi connectivity index (χ1) is 62.6. The molecule has 7 aliphatic rings. The summed E-state index contributed by atoms with van der Waals surface area (Å²) in [5.41, 5.74) is 3.86. The summed E-state index contributed by atoms with van der Waals surface area (Å²) >= 11 is 6.69. The number of nitrogens with zero attached hydrogens (tertiary/aromatic N) is 18. The predicted octanol–water partition coefficient (Wildman–Crippen LogP) is 16.2. The summed E-state index contributed by atoms with van der Waals surface area (Å²) in [6.07, 6.45) is 15.1. The van der Waals surface area contributed by atoms with Gasteiger partial charge in [-0.2, -0.15) is 51.8 Å². The third-order valence-electron chi connectivity index (χ3n) is 26.2. The highest BCUT2D eigenvalue weighted by Crippen LogP contribution is 2.57. The molecule has 9 atom stereocenters. The number of ketones is 3. The van der Waals surface area contributed by atoms with E-state index in [2.05, 4.69) is 81.1 Å². The summed E-state index contributed by atoms with van der Waals surface area (Å²) < 4.78 is 197. The van der Waals surface area contributed by atoms with Crippen LogP contribution in [0.15, 0.2) is 197 Å². The van der Waals surface area contributed by atoms with Crippen molar-refractivity contribution in [3.63, 3.8) is 0 Å². The fourth-order valence-corrected chi connectivity index (χ4v) is 26.4. The van der Waals surface area contributed by atoms with E-state index in [4.69, 9.17) is 16.3 Å². The number of fused-ring (bicyclic) bond motifs is 6. The van der Waals surface area contributed by atoms with Gasteiger partial charge in [0.15, 0.2) is 26.6 Å². The van der Waals surface area contributed by atoms with Crippen molar-refractivity contribution in [2.24, 2.45) is 43.3 Å². The molecule has 9 heterocycles. The van der Waals surface area contributed by atoms with Gasteiger partial charge in [0.2, 0.25) is 10.9 Å². The Hall–Kier alpha value is -11.5. The van der Waals surface area contributed by atoms with E-state index in [-0.39, 0.29) is 106 Å². The molecule has 690 valence electrons. The molecule has 0 amide bonds. The zero-order valence-electron chi connectivity index (χ0n) is 72.0. The van der Waals surface area contributed by atoms with Crippen LogP contribution < -0.4 is 0 Å². The topological polar surface area (TPSA) is 277 Å². The van der Waals surface area contributed by atoms with E-state index in [9.17, 15) is 70.9 Å². The number of pyridine rings is 2.